The minimum absolute atomic E-state index is 0.320. The highest BCUT2D eigenvalue weighted by atomic mass is 16.4. The first kappa shape index (κ1) is 20.7. The van der Waals surface area contributed by atoms with Crippen molar-refractivity contribution in [2.24, 2.45) is 10.8 Å². The third-order valence-corrected chi connectivity index (χ3v) is 6.73. The van der Waals surface area contributed by atoms with Crippen LogP contribution in [-0.4, -0.2) is 27.3 Å². The quantitative estimate of drug-likeness (QED) is 0.416. The van der Waals surface area contributed by atoms with E-state index in [4.69, 9.17) is 0 Å². The Morgan fingerprint density at radius 3 is 1.86 bits per heavy atom. The van der Waals surface area contributed by atoms with Crippen LogP contribution < -0.4 is 0 Å². The standard InChI is InChI=1S/C23H32O5/c24-19-9-8-17(6-2-1-4-10-22(12-13-22)20(25)26)16-18(19)7-3-5-11-23(14-15-23)21(27)28/h8-9,16,24H,1-7,10-15H2,(H,25,26)(H,27,28). The number of carboxylic acids is 2. The van der Waals surface area contributed by atoms with Crippen LogP contribution in [0.3, 0.4) is 0 Å². The molecule has 3 N–H and O–H groups in total. The van der Waals surface area contributed by atoms with Gasteiger partial charge in [0.2, 0.25) is 0 Å². The molecule has 3 rings (SSSR count). The number of phenolic OH excluding ortho intramolecular Hbond substituents is 1. The fourth-order valence-corrected chi connectivity index (χ4v) is 4.19. The number of carbonyl (C=O) groups is 2. The van der Waals surface area contributed by atoms with E-state index in [0.29, 0.717) is 5.75 Å². The van der Waals surface area contributed by atoms with Crippen molar-refractivity contribution in [3.63, 3.8) is 0 Å². The molecule has 2 fully saturated rings. The maximum atomic E-state index is 11.2. The Hall–Kier alpha value is -2.04. The summed E-state index contributed by atoms with van der Waals surface area (Å²) in [4.78, 5) is 22.4. The molecule has 5 nitrogen and oxygen atoms in total. The Labute approximate surface area is 166 Å². The van der Waals surface area contributed by atoms with Crippen LogP contribution in [0.1, 0.15) is 81.8 Å². The SMILES string of the molecule is O=C(O)C1(CCCCCc2ccc(O)c(CCCCC3(C(=O)O)CC3)c2)CC1. The van der Waals surface area contributed by atoms with Gasteiger partial charge in [-0.25, -0.2) is 0 Å². The number of unbranched alkanes of at least 4 members (excludes halogenated alkanes) is 3. The molecule has 0 atom stereocenters. The van der Waals surface area contributed by atoms with Crippen LogP contribution in [-0.2, 0) is 22.4 Å². The van der Waals surface area contributed by atoms with Gasteiger partial charge in [-0.1, -0.05) is 31.4 Å². The van der Waals surface area contributed by atoms with Crippen molar-refractivity contribution < 1.29 is 24.9 Å². The number of carboxylic acid groups (broad SMARTS) is 2. The summed E-state index contributed by atoms with van der Waals surface area (Å²) >= 11 is 0. The number of rotatable bonds is 13. The highest BCUT2D eigenvalue weighted by Gasteiger charge is 2.49. The van der Waals surface area contributed by atoms with Crippen LogP contribution in [0.15, 0.2) is 18.2 Å². The summed E-state index contributed by atoms with van der Waals surface area (Å²) in [5.41, 5.74) is 1.28. The van der Waals surface area contributed by atoms with Gasteiger partial charge in [0.05, 0.1) is 10.8 Å². The molecular formula is C23H32O5. The molecule has 1 aromatic carbocycles. The molecule has 1 aromatic rings. The van der Waals surface area contributed by atoms with Crippen molar-refractivity contribution in [2.45, 2.75) is 83.5 Å². The van der Waals surface area contributed by atoms with Gasteiger partial charge >= 0.3 is 11.9 Å². The lowest BCUT2D eigenvalue weighted by atomic mass is 9.95. The molecule has 2 saturated carbocycles. The first-order valence-corrected chi connectivity index (χ1v) is 10.6. The Bertz CT molecular complexity index is 716. The zero-order chi connectivity index (χ0) is 20.2. The number of aliphatic carboxylic acids is 2. The average molecular weight is 389 g/mol. The molecular weight excluding hydrogens is 356 g/mol. The second kappa shape index (κ2) is 8.54. The van der Waals surface area contributed by atoms with Crippen LogP contribution >= 0.6 is 0 Å². The molecule has 0 aromatic heterocycles. The Morgan fingerprint density at radius 2 is 1.32 bits per heavy atom. The van der Waals surface area contributed by atoms with Gasteiger partial charge in [-0.3, -0.25) is 9.59 Å². The molecule has 0 heterocycles. The number of benzene rings is 1. The predicted molar refractivity (Wildman–Crippen MR) is 106 cm³/mol. The highest BCUT2D eigenvalue weighted by Crippen LogP contribution is 2.50. The summed E-state index contributed by atoms with van der Waals surface area (Å²) in [5.74, 6) is -0.972. The Kier molecular flexibility index (Phi) is 6.31. The minimum Gasteiger partial charge on any atom is -0.508 e. The van der Waals surface area contributed by atoms with Crippen molar-refractivity contribution >= 4 is 11.9 Å². The van der Waals surface area contributed by atoms with Crippen LogP contribution in [0.2, 0.25) is 0 Å². The second-order valence-corrected chi connectivity index (χ2v) is 8.90. The number of hydrogen-bond donors (Lipinski definition) is 3. The van der Waals surface area contributed by atoms with Crippen LogP contribution in [0.5, 0.6) is 5.75 Å². The third-order valence-electron chi connectivity index (χ3n) is 6.73. The summed E-state index contributed by atoms with van der Waals surface area (Å²) in [7, 11) is 0. The molecule has 0 saturated heterocycles. The molecule has 28 heavy (non-hydrogen) atoms. The lowest BCUT2D eigenvalue weighted by Gasteiger charge is -2.11. The van der Waals surface area contributed by atoms with E-state index >= 15 is 0 Å². The summed E-state index contributed by atoms with van der Waals surface area (Å²) in [5, 5.41) is 28.5. The molecule has 0 bridgehead atoms. The molecule has 154 valence electrons. The summed E-state index contributed by atoms with van der Waals surface area (Å²) < 4.78 is 0. The lowest BCUT2D eigenvalue weighted by Crippen LogP contribution is -2.14. The maximum absolute atomic E-state index is 11.2. The van der Waals surface area contributed by atoms with Gasteiger partial charge in [-0.15, -0.1) is 0 Å². The number of aromatic hydroxyl groups is 1. The molecule has 0 unspecified atom stereocenters. The Balaban J connectivity index is 1.37. The molecule has 0 aliphatic heterocycles. The topological polar surface area (TPSA) is 94.8 Å². The fourth-order valence-electron chi connectivity index (χ4n) is 4.19. The van der Waals surface area contributed by atoms with Gasteiger partial charge < -0.3 is 15.3 Å². The molecule has 0 radical (unpaired) electrons. The van der Waals surface area contributed by atoms with Gasteiger partial charge in [0.15, 0.2) is 0 Å². The zero-order valence-electron chi connectivity index (χ0n) is 16.6. The van der Waals surface area contributed by atoms with E-state index < -0.39 is 22.8 Å². The molecule has 2 aliphatic rings. The normalized spacial score (nSPS) is 18.6. The third kappa shape index (κ3) is 5.06. The molecule has 5 heteroatoms. The minimum atomic E-state index is -0.659. The largest absolute Gasteiger partial charge is 0.508 e. The van der Waals surface area contributed by atoms with Crippen LogP contribution in [0.4, 0.5) is 0 Å². The molecule has 0 amide bonds. The van der Waals surface area contributed by atoms with Crippen molar-refractivity contribution in [1.29, 1.82) is 0 Å². The van der Waals surface area contributed by atoms with E-state index in [2.05, 4.69) is 6.07 Å². The number of phenols is 1. The first-order valence-electron chi connectivity index (χ1n) is 10.6. The summed E-state index contributed by atoms with van der Waals surface area (Å²) in [6.07, 6.45) is 11.3. The van der Waals surface area contributed by atoms with Gasteiger partial charge in [-0.05, 0) is 81.4 Å². The average Bonchev–Trinajstić information content (AvgIpc) is 3.56. The van der Waals surface area contributed by atoms with Crippen molar-refractivity contribution in [3.05, 3.63) is 29.3 Å². The van der Waals surface area contributed by atoms with E-state index in [1.165, 1.54) is 5.56 Å². The van der Waals surface area contributed by atoms with Crippen molar-refractivity contribution in [2.75, 3.05) is 0 Å². The van der Waals surface area contributed by atoms with Gasteiger partial charge in [0.1, 0.15) is 5.75 Å². The predicted octanol–water partition coefficient (Wildman–Crippen LogP) is 4.94. The maximum Gasteiger partial charge on any atom is 0.309 e. The van der Waals surface area contributed by atoms with E-state index in [9.17, 15) is 24.9 Å². The molecule has 0 spiro atoms. The van der Waals surface area contributed by atoms with Crippen LogP contribution in [0, 0.1) is 10.8 Å². The lowest BCUT2D eigenvalue weighted by molar-refractivity contribution is -0.144. The summed E-state index contributed by atoms with van der Waals surface area (Å²) in [6.45, 7) is 0. The van der Waals surface area contributed by atoms with Gasteiger partial charge in [0.25, 0.3) is 0 Å². The van der Waals surface area contributed by atoms with E-state index in [0.717, 1.165) is 89.0 Å². The first-order chi connectivity index (χ1) is 13.4. The van der Waals surface area contributed by atoms with Gasteiger partial charge in [0, 0.05) is 0 Å². The van der Waals surface area contributed by atoms with Gasteiger partial charge in [-0.2, -0.15) is 0 Å². The number of hydrogen-bond acceptors (Lipinski definition) is 3. The fraction of sp³-hybridized carbons (Fsp3) is 0.652. The summed E-state index contributed by atoms with van der Waals surface area (Å²) in [6, 6.07) is 5.79. The monoisotopic (exact) mass is 388 g/mol. The van der Waals surface area contributed by atoms with E-state index in [1.807, 2.05) is 6.07 Å². The highest BCUT2D eigenvalue weighted by molar-refractivity contribution is 5.78. The van der Waals surface area contributed by atoms with Crippen molar-refractivity contribution in [3.8, 4) is 5.75 Å². The number of aryl methyl sites for hydroxylation is 2. The van der Waals surface area contributed by atoms with Crippen LogP contribution in [0.25, 0.3) is 0 Å². The van der Waals surface area contributed by atoms with Crippen molar-refractivity contribution in [1.82, 2.24) is 0 Å². The Morgan fingerprint density at radius 1 is 0.786 bits per heavy atom. The molecule has 2 aliphatic carbocycles. The zero-order valence-corrected chi connectivity index (χ0v) is 16.6. The van der Waals surface area contributed by atoms with E-state index in [-0.39, 0.29) is 0 Å². The van der Waals surface area contributed by atoms with E-state index in [1.54, 1.807) is 6.07 Å². The smallest absolute Gasteiger partial charge is 0.309 e. The second-order valence-electron chi connectivity index (χ2n) is 8.90.